The van der Waals surface area contributed by atoms with E-state index in [2.05, 4.69) is 15.3 Å². The topological polar surface area (TPSA) is 57.8 Å². The van der Waals surface area contributed by atoms with Crippen LogP contribution in [0.3, 0.4) is 0 Å². The van der Waals surface area contributed by atoms with E-state index >= 15 is 0 Å². The highest BCUT2D eigenvalue weighted by atomic mass is 19.1. The first-order valence-corrected chi connectivity index (χ1v) is 7.10. The second-order valence-electron chi connectivity index (χ2n) is 5.24. The van der Waals surface area contributed by atoms with Crippen molar-refractivity contribution in [2.45, 2.75) is 19.4 Å². The van der Waals surface area contributed by atoms with E-state index in [1.165, 1.54) is 12.1 Å². The van der Waals surface area contributed by atoms with Gasteiger partial charge in [0, 0.05) is 0 Å². The number of aromatic nitrogens is 2. The summed E-state index contributed by atoms with van der Waals surface area (Å²) < 4.78 is 13.1. The Balaban J connectivity index is 1.68. The fourth-order valence-electron chi connectivity index (χ4n) is 2.37. The number of imidazole rings is 1. The van der Waals surface area contributed by atoms with E-state index < -0.39 is 0 Å². The molecule has 0 spiro atoms. The maximum absolute atomic E-state index is 13.1. The zero-order valence-corrected chi connectivity index (χ0v) is 12.1. The second kappa shape index (κ2) is 5.97. The lowest BCUT2D eigenvalue weighted by Gasteiger charge is -2.11. The molecule has 0 aliphatic carbocycles. The van der Waals surface area contributed by atoms with Crippen molar-refractivity contribution in [1.29, 1.82) is 0 Å². The third-order valence-electron chi connectivity index (χ3n) is 3.45. The molecule has 0 unspecified atom stereocenters. The molecule has 0 radical (unpaired) electrons. The van der Waals surface area contributed by atoms with Gasteiger partial charge < -0.3 is 10.3 Å². The van der Waals surface area contributed by atoms with Crippen LogP contribution in [0.5, 0.6) is 0 Å². The molecule has 2 aromatic carbocycles. The van der Waals surface area contributed by atoms with Crippen LogP contribution in [-0.2, 0) is 11.2 Å². The first kappa shape index (κ1) is 14.3. The summed E-state index contributed by atoms with van der Waals surface area (Å²) in [5.41, 5.74) is 2.45. The number of fused-ring (bicyclic) bond motifs is 1. The van der Waals surface area contributed by atoms with Gasteiger partial charge in [-0.15, -0.1) is 0 Å². The summed E-state index contributed by atoms with van der Waals surface area (Å²) >= 11 is 0. The Morgan fingerprint density at radius 1 is 1.27 bits per heavy atom. The number of para-hydroxylation sites is 2. The van der Waals surface area contributed by atoms with Gasteiger partial charge in [0.25, 0.3) is 0 Å². The molecule has 2 N–H and O–H groups in total. The predicted molar refractivity (Wildman–Crippen MR) is 82.8 cm³/mol. The van der Waals surface area contributed by atoms with Crippen LogP contribution < -0.4 is 5.32 Å². The fraction of sp³-hybridized carbons (Fsp3) is 0.176. The first-order chi connectivity index (χ1) is 10.6. The number of nitrogens with zero attached hydrogens (tertiary/aromatic N) is 1. The van der Waals surface area contributed by atoms with E-state index in [0.717, 1.165) is 11.0 Å². The SMILES string of the molecule is C[C@H](NC(=O)Cc1cccc(F)c1)c1nc2ccccc2[nH]1. The number of hydrogen-bond acceptors (Lipinski definition) is 2. The molecule has 3 aromatic rings. The van der Waals surface area contributed by atoms with Gasteiger partial charge >= 0.3 is 0 Å². The molecule has 1 heterocycles. The summed E-state index contributed by atoms with van der Waals surface area (Å²) in [6.45, 7) is 1.86. The number of halogens is 1. The molecule has 1 amide bonds. The van der Waals surface area contributed by atoms with Crippen LogP contribution in [0.15, 0.2) is 48.5 Å². The number of hydrogen-bond donors (Lipinski definition) is 2. The van der Waals surface area contributed by atoms with Crippen LogP contribution >= 0.6 is 0 Å². The molecular formula is C17H16FN3O. The summed E-state index contributed by atoms with van der Waals surface area (Å²) in [7, 11) is 0. The Bertz CT molecular complexity index is 779. The lowest BCUT2D eigenvalue weighted by atomic mass is 10.1. The number of amides is 1. The second-order valence-corrected chi connectivity index (χ2v) is 5.24. The minimum absolute atomic E-state index is 0.141. The zero-order valence-electron chi connectivity index (χ0n) is 12.1. The van der Waals surface area contributed by atoms with Crippen molar-refractivity contribution in [3.05, 3.63) is 65.7 Å². The fourth-order valence-corrected chi connectivity index (χ4v) is 2.37. The van der Waals surface area contributed by atoms with Crippen LogP contribution in [0, 0.1) is 5.82 Å². The molecule has 0 fully saturated rings. The van der Waals surface area contributed by atoms with Crippen LogP contribution in [0.1, 0.15) is 24.4 Å². The van der Waals surface area contributed by atoms with Gasteiger partial charge in [0.15, 0.2) is 0 Å². The molecule has 0 aliphatic heterocycles. The van der Waals surface area contributed by atoms with Crippen molar-refractivity contribution in [2.75, 3.05) is 0 Å². The molecule has 0 bridgehead atoms. The molecule has 0 aliphatic rings. The van der Waals surface area contributed by atoms with Gasteiger partial charge in [-0.25, -0.2) is 9.37 Å². The number of carbonyl (C=O) groups is 1. The van der Waals surface area contributed by atoms with Crippen molar-refractivity contribution in [3.8, 4) is 0 Å². The molecule has 1 aromatic heterocycles. The quantitative estimate of drug-likeness (QED) is 0.777. The van der Waals surface area contributed by atoms with E-state index in [1.54, 1.807) is 12.1 Å². The van der Waals surface area contributed by atoms with E-state index in [-0.39, 0.29) is 24.2 Å². The van der Waals surface area contributed by atoms with Crippen LogP contribution in [0.25, 0.3) is 11.0 Å². The molecule has 0 saturated heterocycles. The molecule has 0 saturated carbocycles. The Hall–Kier alpha value is -2.69. The standard InChI is InChI=1S/C17H16FN3O/c1-11(17-20-14-7-2-3-8-15(14)21-17)19-16(22)10-12-5-4-6-13(18)9-12/h2-9,11H,10H2,1H3,(H,19,22)(H,20,21)/t11-/m0/s1. The maximum Gasteiger partial charge on any atom is 0.224 e. The number of benzene rings is 2. The van der Waals surface area contributed by atoms with Crippen LogP contribution in [0.4, 0.5) is 4.39 Å². The van der Waals surface area contributed by atoms with Gasteiger partial charge in [-0.05, 0) is 36.8 Å². The molecule has 1 atom stereocenters. The largest absolute Gasteiger partial charge is 0.346 e. The van der Waals surface area contributed by atoms with Gasteiger partial charge in [0.05, 0.1) is 23.5 Å². The number of aromatic amines is 1. The van der Waals surface area contributed by atoms with Crippen molar-refractivity contribution in [2.24, 2.45) is 0 Å². The Labute approximate surface area is 127 Å². The lowest BCUT2D eigenvalue weighted by Crippen LogP contribution is -2.28. The number of carbonyl (C=O) groups excluding carboxylic acids is 1. The Kier molecular flexibility index (Phi) is 3.87. The monoisotopic (exact) mass is 297 g/mol. The van der Waals surface area contributed by atoms with Crippen LogP contribution in [-0.4, -0.2) is 15.9 Å². The Morgan fingerprint density at radius 3 is 2.86 bits per heavy atom. The van der Waals surface area contributed by atoms with E-state index in [4.69, 9.17) is 0 Å². The average Bonchev–Trinajstić information content (AvgIpc) is 2.91. The van der Waals surface area contributed by atoms with Crippen molar-refractivity contribution in [3.63, 3.8) is 0 Å². The summed E-state index contributed by atoms with van der Waals surface area (Å²) in [4.78, 5) is 19.7. The predicted octanol–water partition coefficient (Wildman–Crippen LogP) is 3.12. The van der Waals surface area contributed by atoms with E-state index in [1.807, 2.05) is 31.2 Å². The van der Waals surface area contributed by atoms with Crippen molar-refractivity contribution >= 4 is 16.9 Å². The number of nitrogens with one attached hydrogen (secondary N) is 2. The molecule has 112 valence electrons. The van der Waals surface area contributed by atoms with Gasteiger partial charge in [-0.2, -0.15) is 0 Å². The highest BCUT2D eigenvalue weighted by Gasteiger charge is 2.14. The minimum Gasteiger partial charge on any atom is -0.346 e. The zero-order chi connectivity index (χ0) is 15.5. The van der Waals surface area contributed by atoms with E-state index in [0.29, 0.717) is 11.4 Å². The summed E-state index contributed by atoms with van der Waals surface area (Å²) in [6, 6.07) is 13.5. The maximum atomic E-state index is 13.1. The van der Waals surface area contributed by atoms with Gasteiger partial charge in [0.1, 0.15) is 11.6 Å². The summed E-state index contributed by atoms with van der Waals surface area (Å²) in [5.74, 6) is 0.197. The van der Waals surface area contributed by atoms with Gasteiger partial charge in [-0.3, -0.25) is 4.79 Å². The lowest BCUT2D eigenvalue weighted by molar-refractivity contribution is -0.121. The van der Waals surface area contributed by atoms with Crippen molar-refractivity contribution < 1.29 is 9.18 Å². The average molecular weight is 297 g/mol. The van der Waals surface area contributed by atoms with Gasteiger partial charge in [0.2, 0.25) is 5.91 Å². The third kappa shape index (κ3) is 3.14. The molecular weight excluding hydrogens is 281 g/mol. The summed E-state index contributed by atoms with van der Waals surface area (Å²) in [5, 5.41) is 2.87. The number of H-pyrrole nitrogens is 1. The minimum atomic E-state index is -0.337. The highest BCUT2D eigenvalue weighted by Crippen LogP contribution is 2.15. The molecule has 22 heavy (non-hydrogen) atoms. The smallest absolute Gasteiger partial charge is 0.224 e. The first-order valence-electron chi connectivity index (χ1n) is 7.10. The molecule has 5 heteroatoms. The third-order valence-corrected chi connectivity index (χ3v) is 3.45. The summed E-state index contributed by atoms with van der Waals surface area (Å²) in [6.07, 6.45) is 0.141. The van der Waals surface area contributed by atoms with Crippen LogP contribution in [0.2, 0.25) is 0 Å². The molecule has 4 nitrogen and oxygen atoms in total. The highest BCUT2D eigenvalue weighted by molar-refractivity contribution is 5.79. The Morgan fingerprint density at radius 2 is 2.09 bits per heavy atom. The number of rotatable bonds is 4. The van der Waals surface area contributed by atoms with E-state index in [9.17, 15) is 9.18 Å². The van der Waals surface area contributed by atoms with Gasteiger partial charge in [-0.1, -0.05) is 24.3 Å². The van der Waals surface area contributed by atoms with Crippen molar-refractivity contribution in [1.82, 2.24) is 15.3 Å². The molecule has 3 rings (SSSR count). The normalized spacial score (nSPS) is 12.3.